The summed E-state index contributed by atoms with van der Waals surface area (Å²) in [5.74, 6) is 0.477. The molecule has 2 aromatic heterocycles. The first kappa shape index (κ1) is 16.8. The summed E-state index contributed by atoms with van der Waals surface area (Å²) in [4.78, 5) is 20.6. The van der Waals surface area contributed by atoms with Gasteiger partial charge in [0.25, 0.3) is 0 Å². The largest absolute Gasteiger partial charge is 0.504 e. The second-order valence-corrected chi connectivity index (χ2v) is 6.17. The number of fused-ring (bicyclic) bond motifs is 1. The SMILES string of the molecule is COc1cc(-c2cn3c(-c4cccc(C(C)=O)c4)cnc3cn2)ccc1O. The lowest BCUT2D eigenvalue weighted by Crippen LogP contribution is -1.95. The standard InChI is InChI=1S/C21H17N3O3/c1-13(25)14-4-3-5-16(8-14)18-10-23-21-11-22-17(12-24(18)21)15-6-7-19(26)20(9-15)27-2/h3-12,26H,1-2H3. The number of phenolic OH excluding ortho intramolecular Hbond substituents is 1. The smallest absolute Gasteiger partial charge is 0.161 e. The van der Waals surface area contributed by atoms with Gasteiger partial charge >= 0.3 is 0 Å². The van der Waals surface area contributed by atoms with Crippen LogP contribution in [0, 0.1) is 0 Å². The molecule has 4 rings (SSSR count). The molecule has 2 heterocycles. The predicted molar refractivity (Wildman–Crippen MR) is 102 cm³/mol. The van der Waals surface area contributed by atoms with Crippen LogP contribution >= 0.6 is 0 Å². The van der Waals surface area contributed by atoms with Crippen molar-refractivity contribution in [2.45, 2.75) is 6.92 Å². The van der Waals surface area contributed by atoms with Crippen molar-refractivity contribution in [1.29, 1.82) is 0 Å². The summed E-state index contributed by atoms with van der Waals surface area (Å²) in [6.07, 6.45) is 5.33. The number of ether oxygens (including phenoxy) is 1. The second kappa shape index (κ2) is 6.57. The zero-order valence-electron chi connectivity index (χ0n) is 14.9. The third kappa shape index (κ3) is 3.01. The third-order valence-corrected chi connectivity index (χ3v) is 4.44. The lowest BCUT2D eigenvalue weighted by Gasteiger charge is -2.08. The highest BCUT2D eigenvalue weighted by Crippen LogP contribution is 2.31. The van der Waals surface area contributed by atoms with Crippen molar-refractivity contribution in [2.24, 2.45) is 0 Å². The van der Waals surface area contributed by atoms with E-state index in [9.17, 15) is 9.90 Å². The number of aromatic hydroxyl groups is 1. The fourth-order valence-corrected chi connectivity index (χ4v) is 2.99. The van der Waals surface area contributed by atoms with Crippen LogP contribution in [-0.2, 0) is 0 Å². The number of rotatable bonds is 4. The Morgan fingerprint density at radius 2 is 1.93 bits per heavy atom. The van der Waals surface area contributed by atoms with E-state index in [1.165, 1.54) is 7.11 Å². The number of hydrogen-bond acceptors (Lipinski definition) is 5. The average Bonchev–Trinajstić information content (AvgIpc) is 3.11. The van der Waals surface area contributed by atoms with Crippen molar-refractivity contribution >= 4 is 11.4 Å². The van der Waals surface area contributed by atoms with Gasteiger partial charge in [-0.05, 0) is 31.2 Å². The van der Waals surface area contributed by atoms with Crippen LogP contribution in [0.4, 0.5) is 0 Å². The Morgan fingerprint density at radius 1 is 1.07 bits per heavy atom. The van der Waals surface area contributed by atoms with E-state index < -0.39 is 0 Å². The molecule has 27 heavy (non-hydrogen) atoms. The van der Waals surface area contributed by atoms with E-state index in [1.807, 2.05) is 28.8 Å². The highest BCUT2D eigenvalue weighted by Gasteiger charge is 2.11. The van der Waals surface area contributed by atoms with E-state index in [4.69, 9.17) is 4.74 Å². The number of Topliss-reactive ketones (excluding diaryl/α,β-unsaturated/α-hetero) is 1. The molecule has 0 radical (unpaired) electrons. The van der Waals surface area contributed by atoms with E-state index in [-0.39, 0.29) is 11.5 Å². The molecule has 6 heteroatoms. The molecule has 0 spiro atoms. The first-order valence-corrected chi connectivity index (χ1v) is 8.38. The van der Waals surface area contributed by atoms with E-state index in [1.54, 1.807) is 43.6 Å². The summed E-state index contributed by atoms with van der Waals surface area (Å²) in [6, 6.07) is 12.5. The van der Waals surface area contributed by atoms with Crippen molar-refractivity contribution < 1.29 is 14.6 Å². The summed E-state index contributed by atoms with van der Waals surface area (Å²) in [7, 11) is 1.51. The number of aromatic nitrogens is 3. The fourth-order valence-electron chi connectivity index (χ4n) is 2.99. The van der Waals surface area contributed by atoms with Crippen molar-refractivity contribution in [3.8, 4) is 34.0 Å². The summed E-state index contributed by atoms with van der Waals surface area (Å²) in [5, 5.41) is 9.80. The molecule has 0 saturated heterocycles. The van der Waals surface area contributed by atoms with Crippen molar-refractivity contribution in [2.75, 3.05) is 7.11 Å². The number of benzene rings is 2. The first-order chi connectivity index (χ1) is 13.1. The van der Waals surface area contributed by atoms with Gasteiger partial charge in [-0.15, -0.1) is 0 Å². The van der Waals surface area contributed by atoms with Crippen LogP contribution in [0.3, 0.4) is 0 Å². The van der Waals surface area contributed by atoms with Gasteiger partial charge in [0.05, 0.1) is 30.9 Å². The number of carbonyl (C=O) groups is 1. The van der Waals surface area contributed by atoms with Crippen LogP contribution in [0.5, 0.6) is 11.5 Å². The van der Waals surface area contributed by atoms with E-state index >= 15 is 0 Å². The zero-order chi connectivity index (χ0) is 19.0. The number of imidazole rings is 1. The van der Waals surface area contributed by atoms with Gasteiger partial charge in [0.15, 0.2) is 22.9 Å². The molecule has 0 unspecified atom stereocenters. The molecule has 0 bridgehead atoms. The van der Waals surface area contributed by atoms with Gasteiger partial charge in [-0.2, -0.15) is 0 Å². The minimum absolute atomic E-state index is 0.0178. The Bertz CT molecular complexity index is 1160. The number of nitrogens with zero attached hydrogens (tertiary/aromatic N) is 3. The number of hydrogen-bond donors (Lipinski definition) is 1. The molecule has 134 valence electrons. The summed E-state index contributed by atoms with van der Waals surface area (Å²) in [5.41, 5.74) is 4.64. The Balaban J connectivity index is 1.85. The molecule has 1 N–H and O–H groups in total. The molecular weight excluding hydrogens is 342 g/mol. The van der Waals surface area contributed by atoms with Gasteiger partial charge in [-0.3, -0.25) is 14.2 Å². The number of carbonyl (C=O) groups excluding carboxylic acids is 1. The van der Waals surface area contributed by atoms with E-state index in [0.29, 0.717) is 22.7 Å². The maximum Gasteiger partial charge on any atom is 0.161 e. The maximum atomic E-state index is 11.7. The van der Waals surface area contributed by atoms with Crippen molar-refractivity contribution in [3.05, 3.63) is 66.6 Å². The van der Waals surface area contributed by atoms with Gasteiger partial charge < -0.3 is 9.84 Å². The number of ketones is 1. The van der Waals surface area contributed by atoms with Crippen LogP contribution in [0.25, 0.3) is 28.2 Å². The maximum absolute atomic E-state index is 11.7. The van der Waals surface area contributed by atoms with Gasteiger partial charge in [-0.1, -0.05) is 18.2 Å². The Labute approximate surface area is 155 Å². The quantitative estimate of drug-likeness (QED) is 0.558. The minimum Gasteiger partial charge on any atom is -0.504 e. The van der Waals surface area contributed by atoms with Crippen LogP contribution in [0.1, 0.15) is 17.3 Å². The van der Waals surface area contributed by atoms with E-state index in [0.717, 1.165) is 16.8 Å². The highest BCUT2D eigenvalue weighted by molar-refractivity contribution is 5.95. The Hall–Kier alpha value is -3.67. The topological polar surface area (TPSA) is 76.7 Å². The molecule has 0 aliphatic carbocycles. The van der Waals surface area contributed by atoms with Gasteiger partial charge in [0.2, 0.25) is 0 Å². The molecule has 0 saturated carbocycles. The molecule has 2 aromatic carbocycles. The van der Waals surface area contributed by atoms with Crippen LogP contribution in [-0.4, -0.2) is 32.4 Å². The highest BCUT2D eigenvalue weighted by atomic mass is 16.5. The molecular formula is C21H17N3O3. The lowest BCUT2D eigenvalue weighted by molar-refractivity contribution is 0.101. The average molecular weight is 359 g/mol. The Morgan fingerprint density at radius 3 is 2.70 bits per heavy atom. The monoisotopic (exact) mass is 359 g/mol. The molecule has 0 atom stereocenters. The van der Waals surface area contributed by atoms with Gasteiger partial charge in [-0.25, -0.2) is 4.98 Å². The molecule has 4 aromatic rings. The summed E-state index contributed by atoms with van der Waals surface area (Å²) >= 11 is 0. The van der Waals surface area contributed by atoms with Gasteiger partial charge in [0.1, 0.15) is 0 Å². The summed E-state index contributed by atoms with van der Waals surface area (Å²) in [6.45, 7) is 1.55. The normalized spacial score (nSPS) is 10.9. The second-order valence-electron chi connectivity index (χ2n) is 6.17. The molecule has 6 nitrogen and oxygen atoms in total. The molecule has 0 aliphatic heterocycles. The predicted octanol–water partition coefficient (Wildman–Crippen LogP) is 3.98. The summed E-state index contributed by atoms with van der Waals surface area (Å²) < 4.78 is 7.11. The minimum atomic E-state index is 0.0178. The van der Waals surface area contributed by atoms with Crippen LogP contribution in [0.15, 0.2) is 61.1 Å². The lowest BCUT2D eigenvalue weighted by atomic mass is 10.1. The Kier molecular flexibility index (Phi) is 4.08. The molecule has 0 fully saturated rings. The number of phenols is 1. The van der Waals surface area contributed by atoms with Crippen LogP contribution < -0.4 is 4.74 Å². The number of methoxy groups -OCH3 is 1. The molecule has 0 amide bonds. The van der Waals surface area contributed by atoms with E-state index in [2.05, 4.69) is 9.97 Å². The first-order valence-electron chi connectivity index (χ1n) is 8.38. The van der Waals surface area contributed by atoms with Gasteiger partial charge in [0, 0.05) is 22.9 Å². The van der Waals surface area contributed by atoms with Crippen molar-refractivity contribution in [3.63, 3.8) is 0 Å². The van der Waals surface area contributed by atoms with Crippen molar-refractivity contribution in [1.82, 2.24) is 14.4 Å². The third-order valence-electron chi connectivity index (χ3n) is 4.44. The fraction of sp³-hybridized carbons (Fsp3) is 0.0952. The molecule has 0 aliphatic rings. The zero-order valence-corrected chi connectivity index (χ0v) is 14.9. The van der Waals surface area contributed by atoms with Crippen LogP contribution in [0.2, 0.25) is 0 Å².